The quantitative estimate of drug-likeness (QED) is 0.509. The zero-order chi connectivity index (χ0) is 23.1. The fourth-order valence-corrected chi connectivity index (χ4v) is 5.42. The molecular weight excluding hydrogens is 438 g/mol. The summed E-state index contributed by atoms with van der Waals surface area (Å²) in [5.74, 6) is 0.773. The molecular formula is C24H27N5O3S. The topological polar surface area (TPSA) is 96.5 Å². The Balaban J connectivity index is 1.51. The van der Waals surface area contributed by atoms with Crippen molar-refractivity contribution in [1.82, 2.24) is 15.3 Å². The molecule has 8 nitrogen and oxygen atoms in total. The Morgan fingerprint density at radius 1 is 1.30 bits per heavy atom. The molecule has 0 unspecified atom stereocenters. The highest BCUT2D eigenvalue weighted by atomic mass is 32.1. The normalized spacial score (nSPS) is 15.9. The maximum absolute atomic E-state index is 13.3. The van der Waals surface area contributed by atoms with Crippen molar-refractivity contribution in [3.63, 3.8) is 0 Å². The third kappa shape index (κ3) is 4.01. The van der Waals surface area contributed by atoms with Gasteiger partial charge in [-0.2, -0.15) is 0 Å². The molecule has 3 aromatic heterocycles. The molecule has 0 aromatic carbocycles. The van der Waals surface area contributed by atoms with Crippen LogP contribution >= 0.6 is 11.3 Å². The van der Waals surface area contributed by atoms with Crippen molar-refractivity contribution in [2.24, 2.45) is 5.92 Å². The average molecular weight is 466 g/mol. The molecule has 2 N–H and O–H groups in total. The van der Waals surface area contributed by atoms with Gasteiger partial charge in [0.15, 0.2) is 0 Å². The minimum atomic E-state index is -0.330. The van der Waals surface area contributed by atoms with Gasteiger partial charge in [0.25, 0.3) is 5.91 Å². The Morgan fingerprint density at radius 3 is 2.82 bits per heavy atom. The van der Waals surface area contributed by atoms with E-state index in [-0.39, 0.29) is 18.0 Å². The second kappa shape index (κ2) is 8.62. The Labute approximate surface area is 196 Å². The summed E-state index contributed by atoms with van der Waals surface area (Å²) < 4.78 is 5.73. The molecule has 0 saturated heterocycles. The van der Waals surface area contributed by atoms with Crippen LogP contribution in [0.5, 0.6) is 5.88 Å². The summed E-state index contributed by atoms with van der Waals surface area (Å²) in [6.07, 6.45) is 7.59. The van der Waals surface area contributed by atoms with Crippen LogP contribution in [0, 0.1) is 12.8 Å². The molecule has 9 heteroatoms. The molecule has 0 radical (unpaired) electrons. The second-order valence-corrected chi connectivity index (χ2v) is 10.0. The van der Waals surface area contributed by atoms with Gasteiger partial charge in [0.05, 0.1) is 35.3 Å². The van der Waals surface area contributed by atoms with Gasteiger partial charge in [0.2, 0.25) is 5.88 Å². The van der Waals surface area contributed by atoms with Crippen molar-refractivity contribution in [3.05, 3.63) is 35.0 Å². The van der Waals surface area contributed by atoms with Gasteiger partial charge in [0, 0.05) is 18.3 Å². The van der Waals surface area contributed by atoms with E-state index in [4.69, 9.17) is 4.74 Å². The van der Waals surface area contributed by atoms with Crippen molar-refractivity contribution in [2.75, 3.05) is 16.8 Å². The number of nitrogens with zero attached hydrogens (tertiary/aromatic N) is 3. The molecule has 0 atom stereocenters. The number of nitrogens with one attached hydrogen (secondary N) is 2. The predicted molar refractivity (Wildman–Crippen MR) is 130 cm³/mol. The SMILES string of the molecule is Cc1cc(OCC(C)C)ncc1N1C(=O)Nc2c(C(=O)NC3CCCC3)sc3nccc1c23. The molecule has 4 heterocycles. The lowest BCUT2D eigenvalue weighted by atomic mass is 10.1. The van der Waals surface area contributed by atoms with Gasteiger partial charge in [0.1, 0.15) is 9.71 Å². The van der Waals surface area contributed by atoms with Crippen molar-refractivity contribution in [1.29, 1.82) is 0 Å². The summed E-state index contributed by atoms with van der Waals surface area (Å²) in [5, 5.41) is 6.84. The van der Waals surface area contributed by atoms with Crippen molar-refractivity contribution in [2.45, 2.75) is 52.5 Å². The number of carbonyl (C=O) groups excluding carboxylic acids is 2. The Bertz CT molecular complexity index is 1230. The van der Waals surface area contributed by atoms with Crippen LogP contribution < -0.4 is 20.3 Å². The minimum absolute atomic E-state index is 0.149. The Morgan fingerprint density at radius 2 is 2.09 bits per heavy atom. The van der Waals surface area contributed by atoms with Crippen molar-refractivity contribution in [3.8, 4) is 5.88 Å². The molecule has 0 bridgehead atoms. The van der Waals surface area contributed by atoms with E-state index < -0.39 is 0 Å². The van der Waals surface area contributed by atoms with Crippen molar-refractivity contribution < 1.29 is 14.3 Å². The second-order valence-electron chi connectivity index (χ2n) is 9.05. The largest absolute Gasteiger partial charge is 0.477 e. The minimum Gasteiger partial charge on any atom is -0.477 e. The highest BCUT2D eigenvalue weighted by Gasteiger charge is 2.34. The molecule has 1 saturated carbocycles. The van der Waals surface area contributed by atoms with Gasteiger partial charge < -0.3 is 15.4 Å². The fourth-order valence-electron chi connectivity index (χ4n) is 4.39. The maximum atomic E-state index is 13.3. The van der Waals surface area contributed by atoms with E-state index >= 15 is 0 Å². The van der Waals surface area contributed by atoms with E-state index in [0.29, 0.717) is 45.2 Å². The van der Waals surface area contributed by atoms with Gasteiger partial charge >= 0.3 is 6.03 Å². The van der Waals surface area contributed by atoms with E-state index in [0.717, 1.165) is 36.6 Å². The molecule has 0 spiro atoms. The summed E-state index contributed by atoms with van der Waals surface area (Å²) in [6, 6.07) is 3.51. The molecule has 5 rings (SSSR count). The molecule has 3 aromatic rings. The fraction of sp³-hybridized carbons (Fsp3) is 0.417. The zero-order valence-electron chi connectivity index (χ0n) is 19.0. The van der Waals surface area contributed by atoms with E-state index in [9.17, 15) is 9.59 Å². The average Bonchev–Trinajstić information content (AvgIpc) is 3.42. The van der Waals surface area contributed by atoms with Crippen LogP contribution in [0.4, 0.5) is 21.9 Å². The number of aromatic nitrogens is 2. The number of thiophene rings is 1. The molecule has 1 fully saturated rings. The van der Waals surface area contributed by atoms with Gasteiger partial charge in [-0.1, -0.05) is 26.7 Å². The van der Waals surface area contributed by atoms with Crippen LogP contribution in [0.2, 0.25) is 0 Å². The van der Waals surface area contributed by atoms with E-state index in [1.54, 1.807) is 23.4 Å². The van der Waals surface area contributed by atoms with E-state index in [2.05, 4.69) is 34.4 Å². The van der Waals surface area contributed by atoms with Crippen LogP contribution in [0.25, 0.3) is 10.2 Å². The monoisotopic (exact) mass is 465 g/mol. The number of ether oxygens (including phenoxy) is 1. The highest BCUT2D eigenvalue weighted by Crippen LogP contribution is 2.46. The molecule has 1 aliphatic heterocycles. The summed E-state index contributed by atoms with van der Waals surface area (Å²) in [5.41, 5.74) is 2.75. The summed E-state index contributed by atoms with van der Waals surface area (Å²) in [7, 11) is 0. The van der Waals surface area contributed by atoms with Crippen LogP contribution in [-0.2, 0) is 0 Å². The number of urea groups is 1. The van der Waals surface area contributed by atoms with Crippen LogP contribution in [-0.4, -0.2) is 34.6 Å². The summed E-state index contributed by atoms with van der Waals surface area (Å²) in [6.45, 7) is 6.66. The third-order valence-corrected chi connectivity index (χ3v) is 7.10. The Kier molecular flexibility index (Phi) is 5.65. The number of pyridine rings is 2. The number of amides is 3. The highest BCUT2D eigenvalue weighted by molar-refractivity contribution is 7.21. The predicted octanol–water partition coefficient (Wildman–Crippen LogP) is 5.39. The van der Waals surface area contributed by atoms with Crippen LogP contribution in [0.15, 0.2) is 24.5 Å². The molecule has 3 amide bonds. The van der Waals surface area contributed by atoms with E-state index in [1.165, 1.54) is 11.3 Å². The van der Waals surface area contributed by atoms with Gasteiger partial charge in [-0.15, -0.1) is 11.3 Å². The lowest BCUT2D eigenvalue weighted by Gasteiger charge is -2.29. The first kappa shape index (κ1) is 21.6. The molecule has 2 aliphatic rings. The molecule has 172 valence electrons. The van der Waals surface area contributed by atoms with Gasteiger partial charge in [-0.25, -0.2) is 14.8 Å². The Hall–Kier alpha value is -3.20. The summed E-state index contributed by atoms with van der Waals surface area (Å²) in [4.78, 5) is 38.0. The first-order valence-electron chi connectivity index (χ1n) is 11.3. The standard InChI is InChI=1S/C24H27N5O3S/c1-13(2)12-32-18-10-14(3)17(11-26-18)29-16-8-9-25-23-19(16)20(28-24(29)31)21(33-23)22(30)27-15-6-4-5-7-15/h8-11,13,15H,4-7,12H2,1-3H3,(H,27,30)(H,28,31). The number of anilines is 3. The van der Waals surface area contributed by atoms with E-state index in [1.807, 2.05) is 13.0 Å². The number of hydrogen-bond acceptors (Lipinski definition) is 6. The van der Waals surface area contributed by atoms with Crippen LogP contribution in [0.1, 0.15) is 54.8 Å². The third-order valence-electron chi connectivity index (χ3n) is 6.01. The van der Waals surface area contributed by atoms with Crippen LogP contribution in [0.3, 0.4) is 0 Å². The smallest absolute Gasteiger partial charge is 0.331 e. The lowest BCUT2D eigenvalue weighted by molar-refractivity contribution is 0.0943. The van der Waals surface area contributed by atoms with Crippen molar-refractivity contribution >= 4 is 50.6 Å². The lowest BCUT2D eigenvalue weighted by Crippen LogP contribution is -2.36. The maximum Gasteiger partial charge on any atom is 0.331 e. The van der Waals surface area contributed by atoms with Gasteiger partial charge in [-0.05, 0) is 37.3 Å². The summed E-state index contributed by atoms with van der Waals surface area (Å²) >= 11 is 1.31. The molecule has 1 aliphatic carbocycles. The number of carbonyl (C=O) groups is 2. The number of hydrogen-bond donors (Lipinski definition) is 2. The first-order chi connectivity index (χ1) is 15.9. The van der Waals surface area contributed by atoms with Gasteiger partial charge in [-0.3, -0.25) is 9.69 Å². The number of rotatable bonds is 6. The first-order valence-corrected chi connectivity index (χ1v) is 12.2. The zero-order valence-corrected chi connectivity index (χ0v) is 19.8. The molecule has 33 heavy (non-hydrogen) atoms. The number of aryl methyl sites for hydroxylation is 1.